The van der Waals surface area contributed by atoms with Gasteiger partial charge in [0.2, 0.25) is 0 Å². The first-order chi connectivity index (χ1) is 20.0. The normalized spacial score (nSPS) is 10.5. The molecule has 18 nitrogen and oxygen atoms in total. The molecule has 0 saturated carbocycles. The maximum absolute atomic E-state index is 13.2. The number of nitro groups is 2. The van der Waals surface area contributed by atoms with E-state index >= 15 is 0 Å². The highest BCUT2D eigenvalue weighted by molar-refractivity contribution is 6.13. The van der Waals surface area contributed by atoms with Gasteiger partial charge >= 0.3 is 0 Å². The third kappa shape index (κ3) is 8.01. The molecule has 0 fully saturated rings. The Bertz CT molecular complexity index is 1280. The number of hydrogen-bond acceptors (Lipinski definition) is 12. The van der Waals surface area contributed by atoms with Crippen LogP contribution in [-0.2, 0) is 0 Å². The first-order valence-electron chi connectivity index (χ1n) is 12.2. The van der Waals surface area contributed by atoms with Crippen LogP contribution in [0.15, 0.2) is 24.3 Å². The molecule has 0 bridgehead atoms. The minimum atomic E-state index is -1.11. The van der Waals surface area contributed by atoms with Crippen molar-refractivity contribution in [2.45, 2.75) is 0 Å². The Balaban J connectivity index is 3.09. The van der Waals surface area contributed by atoms with Gasteiger partial charge in [0, 0.05) is 49.4 Å². The molecule has 8 N–H and O–H groups in total. The van der Waals surface area contributed by atoms with Gasteiger partial charge in [-0.3, -0.25) is 39.4 Å². The largest absolute Gasteiger partial charge is 0.395 e. The van der Waals surface area contributed by atoms with E-state index in [9.17, 15) is 39.4 Å². The van der Waals surface area contributed by atoms with Gasteiger partial charge in [0.05, 0.1) is 58.5 Å². The van der Waals surface area contributed by atoms with E-state index in [1.807, 2.05) is 0 Å². The monoisotopic (exact) mass is 592 g/mol. The quantitative estimate of drug-likeness (QED) is 0.0828. The Hall–Kier alpha value is -5.04. The van der Waals surface area contributed by atoms with E-state index < -0.39 is 105 Å². The van der Waals surface area contributed by atoms with Crippen LogP contribution >= 0.6 is 0 Å². The second-order valence-corrected chi connectivity index (χ2v) is 8.27. The Morgan fingerprint density at radius 1 is 0.548 bits per heavy atom. The Kier molecular flexibility index (Phi) is 12.4. The molecule has 2 aromatic carbocycles. The molecule has 0 radical (unpaired) electrons. The van der Waals surface area contributed by atoms with Crippen molar-refractivity contribution >= 4 is 35.0 Å². The number of carbonyl (C=O) groups excluding carboxylic acids is 4. The van der Waals surface area contributed by atoms with Gasteiger partial charge in [-0.2, -0.15) is 0 Å². The van der Waals surface area contributed by atoms with Gasteiger partial charge in [0.25, 0.3) is 35.0 Å². The van der Waals surface area contributed by atoms with Crippen LogP contribution in [0.5, 0.6) is 0 Å². The van der Waals surface area contributed by atoms with Crippen molar-refractivity contribution in [3.63, 3.8) is 0 Å². The average Bonchev–Trinajstić information content (AvgIpc) is 2.98. The molecule has 0 aliphatic rings. The fourth-order valence-electron chi connectivity index (χ4n) is 3.76. The predicted molar refractivity (Wildman–Crippen MR) is 143 cm³/mol. The van der Waals surface area contributed by atoms with E-state index in [0.717, 1.165) is 12.1 Å². The van der Waals surface area contributed by atoms with Gasteiger partial charge in [0.15, 0.2) is 0 Å². The number of nitro benzene ring substituents is 2. The first kappa shape index (κ1) is 33.2. The number of rotatable bonds is 15. The van der Waals surface area contributed by atoms with Crippen molar-refractivity contribution in [2.24, 2.45) is 0 Å². The van der Waals surface area contributed by atoms with Crippen molar-refractivity contribution in [1.29, 1.82) is 0 Å². The molecule has 0 atom stereocenters. The van der Waals surface area contributed by atoms with Gasteiger partial charge < -0.3 is 41.7 Å². The lowest BCUT2D eigenvalue weighted by Gasteiger charge is -2.17. The Morgan fingerprint density at radius 3 is 1.10 bits per heavy atom. The summed E-state index contributed by atoms with van der Waals surface area (Å²) in [6, 6.07) is 3.18. The summed E-state index contributed by atoms with van der Waals surface area (Å²) < 4.78 is 0. The maximum Gasteiger partial charge on any atom is 0.279 e. The van der Waals surface area contributed by atoms with Crippen molar-refractivity contribution < 1.29 is 49.5 Å². The molecule has 4 amide bonds. The fourth-order valence-corrected chi connectivity index (χ4v) is 3.76. The molecule has 18 heteroatoms. The van der Waals surface area contributed by atoms with E-state index in [0.29, 0.717) is 12.1 Å². The van der Waals surface area contributed by atoms with Crippen LogP contribution < -0.4 is 21.3 Å². The van der Waals surface area contributed by atoms with Gasteiger partial charge in [-0.05, 0) is 12.1 Å². The second kappa shape index (κ2) is 15.7. The highest BCUT2D eigenvalue weighted by atomic mass is 16.6. The predicted octanol–water partition coefficient (Wildman–Crippen LogP) is -1.94. The molecule has 0 spiro atoms. The summed E-state index contributed by atoms with van der Waals surface area (Å²) in [6.07, 6.45) is 0. The summed E-state index contributed by atoms with van der Waals surface area (Å²) in [5.41, 5.74) is -5.72. The van der Waals surface area contributed by atoms with Crippen LogP contribution in [0.4, 0.5) is 11.4 Å². The van der Waals surface area contributed by atoms with Crippen LogP contribution in [0.3, 0.4) is 0 Å². The number of hydrogen-bond donors (Lipinski definition) is 8. The van der Waals surface area contributed by atoms with Gasteiger partial charge in [-0.25, -0.2) is 0 Å². The van der Waals surface area contributed by atoms with Gasteiger partial charge in [-0.1, -0.05) is 0 Å². The van der Waals surface area contributed by atoms with Crippen LogP contribution in [0.2, 0.25) is 0 Å². The SMILES string of the molecule is O=C(NCCO)c1cc(C(=O)NCCO)c(-c2c(C(=O)NCCO)cc(C(=O)NCCO)cc2[N+](=O)[O-])c([N+](=O)[O-])c1. The van der Waals surface area contributed by atoms with Crippen LogP contribution in [0.25, 0.3) is 11.1 Å². The third-order valence-electron chi connectivity index (χ3n) is 5.48. The molecule has 0 aliphatic heterocycles. The number of nitrogens with one attached hydrogen (secondary N) is 4. The van der Waals surface area contributed by atoms with Crippen LogP contribution in [-0.4, -0.2) is 107 Å². The average molecular weight is 593 g/mol. The molecular weight excluding hydrogens is 564 g/mol. The molecule has 226 valence electrons. The fraction of sp³-hybridized carbons (Fsp3) is 0.333. The molecule has 0 aromatic heterocycles. The smallest absolute Gasteiger partial charge is 0.279 e. The molecule has 0 aliphatic carbocycles. The van der Waals surface area contributed by atoms with Gasteiger partial charge in [0.1, 0.15) is 0 Å². The zero-order valence-corrected chi connectivity index (χ0v) is 21.9. The lowest BCUT2D eigenvalue weighted by atomic mass is 9.88. The lowest BCUT2D eigenvalue weighted by molar-refractivity contribution is -0.386. The molecule has 0 heterocycles. The highest BCUT2D eigenvalue weighted by Gasteiger charge is 2.35. The van der Waals surface area contributed by atoms with Crippen LogP contribution in [0.1, 0.15) is 41.4 Å². The third-order valence-corrected chi connectivity index (χ3v) is 5.48. The first-order valence-corrected chi connectivity index (χ1v) is 12.2. The number of aliphatic hydroxyl groups excluding tert-OH is 4. The van der Waals surface area contributed by atoms with E-state index in [1.165, 1.54) is 0 Å². The van der Waals surface area contributed by atoms with E-state index in [4.69, 9.17) is 20.4 Å². The summed E-state index contributed by atoms with van der Waals surface area (Å²) in [5, 5.41) is 69.9. The zero-order valence-electron chi connectivity index (χ0n) is 21.9. The standard InChI is InChI=1S/C24H28N6O12/c31-5-1-25-21(35)13-9-15(23(37)27-3-7-33)19(17(11-13)29(39)40)20-16(24(38)28-4-8-34)10-14(12-18(20)30(41)42)22(36)26-2-6-32/h9-12,31-34H,1-8H2,(H,25,35)(H,26,36)(H,27,37)(H,28,38). The second-order valence-electron chi connectivity index (χ2n) is 8.27. The maximum atomic E-state index is 13.2. The lowest BCUT2D eigenvalue weighted by Crippen LogP contribution is -2.31. The van der Waals surface area contributed by atoms with E-state index in [1.54, 1.807) is 0 Å². The summed E-state index contributed by atoms with van der Waals surface area (Å²) in [6.45, 7) is -3.30. The summed E-state index contributed by atoms with van der Waals surface area (Å²) in [4.78, 5) is 74.1. The number of amides is 4. The summed E-state index contributed by atoms with van der Waals surface area (Å²) in [7, 11) is 0. The molecular formula is C24H28N6O12. The number of aliphatic hydroxyl groups is 4. The van der Waals surface area contributed by atoms with E-state index in [2.05, 4.69) is 21.3 Å². The van der Waals surface area contributed by atoms with Crippen molar-refractivity contribution in [2.75, 3.05) is 52.6 Å². The summed E-state index contributed by atoms with van der Waals surface area (Å²) in [5.74, 6) is -4.11. The Morgan fingerprint density at radius 2 is 0.833 bits per heavy atom. The molecule has 2 aromatic rings. The number of carbonyl (C=O) groups is 4. The van der Waals surface area contributed by atoms with Crippen molar-refractivity contribution in [3.05, 3.63) is 66.7 Å². The zero-order chi connectivity index (χ0) is 31.4. The molecule has 2 rings (SSSR count). The molecule has 42 heavy (non-hydrogen) atoms. The molecule has 0 unspecified atom stereocenters. The van der Waals surface area contributed by atoms with Gasteiger partial charge in [-0.15, -0.1) is 0 Å². The van der Waals surface area contributed by atoms with Crippen molar-refractivity contribution in [3.8, 4) is 11.1 Å². The van der Waals surface area contributed by atoms with E-state index in [-0.39, 0.29) is 26.2 Å². The topological polar surface area (TPSA) is 284 Å². The minimum absolute atomic E-state index is 0.249. The minimum Gasteiger partial charge on any atom is -0.395 e. The van der Waals surface area contributed by atoms with Crippen molar-refractivity contribution in [1.82, 2.24) is 21.3 Å². The molecule has 0 saturated heterocycles. The highest BCUT2D eigenvalue weighted by Crippen LogP contribution is 2.42. The summed E-state index contributed by atoms with van der Waals surface area (Å²) >= 11 is 0. The number of benzene rings is 2. The number of nitrogens with zero attached hydrogens (tertiary/aromatic N) is 2. The van der Waals surface area contributed by atoms with Crippen LogP contribution in [0, 0.1) is 20.2 Å². The Labute approximate surface area is 236 Å².